The molecule has 0 aliphatic carbocycles. The highest BCUT2D eigenvalue weighted by molar-refractivity contribution is 5.78. The van der Waals surface area contributed by atoms with Gasteiger partial charge in [0.2, 0.25) is 12.0 Å². The summed E-state index contributed by atoms with van der Waals surface area (Å²) in [6.45, 7) is 10.2. The lowest BCUT2D eigenvalue weighted by Crippen LogP contribution is -2.38. The predicted octanol–water partition coefficient (Wildman–Crippen LogP) is 3.07. The number of esters is 1. The van der Waals surface area contributed by atoms with Gasteiger partial charge in [-0.15, -0.1) is 0 Å². The van der Waals surface area contributed by atoms with Gasteiger partial charge in [-0.05, 0) is 27.2 Å². The zero-order chi connectivity index (χ0) is 12.9. The molecule has 16 heavy (non-hydrogen) atoms. The molecule has 0 radical (unpaired) electrons. The van der Waals surface area contributed by atoms with Crippen molar-refractivity contribution in [3.8, 4) is 0 Å². The van der Waals surface area contributed by atoms with E-state index in [4.69, 9.17) is 9.47 Å². The molecule has 4 heteroatoms. The monoisotopic (exact) mass is 234 g/mol. The first kappa shape index (κ1) is 15.4. The van der Waals surface area contributed by atoms with Gasteiger partial charge < -0.3 is 9.47 Å². The van der Waals surface area contributed by atoms with E-state index in [9.17, 15) is 9.18 Å². The first-order chi connectivity index (χ1) is 7.20. The minimum absolute atomic E-state index is 0.000920. The molecule has 0 fully saturated rings. The molecule has 0 aliphatic rings. The van der Waals surface area contributed by atoms with E-state index in [1.54, 1.807) is 6.92 Å². The molecule has 0 aromatic carbocycles. The van der Waals surface area contributed by atoms with E-state index < -0.39 is 17.9 Å². The second-order valence-corrected chi connectivity index (χ2v) is 4.75. The Morgan fingerprint density at radius 3 is 2.12 bits per heavy atom. The van der Waals surface area contributed by atoms with Crippen LogP contribution in [-0.4, -0.2) is 24.0 Å². The van der Waals surface area contributed by atoms with Crippen LogP contribution >= 0.6 is 0 Å². The third kappa shape index (κ3) is 4.92. The van der Waals surface area contributed by atoms with E-state index in [-0.39, 0.29) is 18.4 Å². The van der Waals surface area contributed by atoms with Crippen molar-refractivity contribution in [1.29, 1.82) is 0 Å². The third-order valence-electron chi connectivity index (χ3n) is 2.26. The summed E-state index contributed by atoms with van der Waals surface area (Å²) in [7, 11) is 0. The Bertz CT molecular complexity index is 224. The first-order valence-corrected chi connectivity index (χ1v) is 5.76. The summed E-state index contributed by atoms with van der Waals surface area (Å²) in [6, 6.07) is 0. The van der Waals surface area contributed by atoms with Gasteiger partial charge in [0.25, 0.3) is 0 Å². The van der Waals surface area contributed by atoms with Crippen molar-refractivity contribution in [2.75, 3.05) is 0 Å². The molecule has 0 spiro atoms. The van der Waals surface area contributed by atoms with Crippen LogP contribution in [0.5, 0.6) is 0 Å². The van der Waals surface area contributed by atoms with Gasteiger partial charge in [-0.1, -0.05) is 20.8 Å². The van der Waals surface area contributed by atoms with Gasteiger partial charge in [-0.2, -0.15) is 0 Å². The average Bonchev–Trinajstić information content (AvgIpc) is 2.15. The van der Waals surface area contributed by atoms with Crippen LogP contribution in [0.1, 0.15) is 48.0 Å². The fraction of sp³-hybridized carbons (Fsp3) is 0.917. The Kier molecular flexibility index (Phi) is 5.94. The molecule has 0 aliphatic heterocycles. The van der Waals surface area contributed by atoms with E-state index in [2.05, 4.69) is 0 Å². The van der Waals surface area contributed by atoms with Crippen LogP contribution in [-0.2, 0) is 14.3 Å². The van der Waals surface area contributed by atoms with Crippen molar-refractivity contribution in [3.63, 3.8) is 0 Å². The number of alkyl halides is 1. The summed E-state index contributed by atoms with van der Waals surface area (Å²) < 4.78 is 24.1. The van der Waals surface area contributed by atoms with E-state index in [0.717, 1.165) is 0 Å². The number of hydrogen-bond donors (Lipinski definition) is 0. The maximum atomic E-state index is 13.6. The van der Waals surface area contributed by atoms with Crippen LogP contribution in [0.3, 0.4) is 0 Å². The topological polar surface area (TPSA) is 35.5 Å². The van der Waals surface area contributed by atoms with Crippen molar-refractivity contribution in [3.05, 3.63) is 0 Å². The van der Waals surface area contributed by atoms with Crippen LogP contribution in [0.2, 0.25) is 0 Å². The van der Waals surface area contributed by atoms with Gasteiger partial charge in [-0.25, -0.2) is 9.18 Å². The van der Waals surface area contributed by atoms with Crippen LogP contribution in [0, 0.1) is 5.92 Å². The zero-order valence-corrected chi connectivity index (χ0v) is 11.0. The van der Waals surface area contributed by atoms with Gasteiger partial charge in [0, 0.05) is 5.92 Å². The summed E-state index contributed by atoms with van der Waals surface area (Å²) in [5.74, 6) is -0.853. The molecule has 3 nitrogen and oxygen atoms in total. The van der Waals surface area contributed by atoms with Crippen LogP contribution in [0.25, 0.3) is 0 Å². The maximum absolute atomic E-state index is 13.6. The minimum Gasteiger partial charge on any atom is -0.433 e. The minimum atomic E-state index is -1.94. The predicted molar refractivity (Wildman–Crippen MR) is 60.7 cm³/mol. The summed E-state index contributed by atoms with van der Waals surface area (Å²) in [5.41, 5.74) is -1.94. The molecule has 0 saturated heterocycles. The normalized spacial score (nSPS) is 17.3. The Labute approximate surface area is 97.3 Å². The number of halogens is 1. The number of carbonyl (C=O) groups excluding carboxylic acids is 1. The maximum Gasteiger partial charge on any atom is 0.345 e. The number of carbonyl (C=O) groups is 1. The smallest absolute Gasteiger partial charge is 0.345 e. The lowest BCUT2D eigenvalue weighted by Gasteiger charge is -2.26. The molecule has 0 N–H and O–H groups in total. The van der Waals surface area contributed by atoms with E-state index in [1.807, 2.05) is 27.7 Å². The summed E-state index contributed by atoms with van der Waals surface area (Å²) in [6.07, 6.45) is -0.653. The summed E-state index contributed by atoms with van der Waals surface area (Å²) in [5, 5.41) is 0. The Morgan fingerprint density at radius 2 is 1.81 bits per heavy atom. The summed E-state index contributed by atoms with van der Waals surface area (Å²) >= 11 is 0. The molecule has 0 aromatic heterocycles. The summed E-state index contributed by atoms with van der Waals surface area (Å²) in [4.78, 5) is 11.5. The zero-order valence-electron chi connectivity index (χ0n) is 11.0. The van der Waals surface area contributed by atoms with E-state index in [0.29, 0.717) is 0 Å². The molecular formula is C12H23FO3. The molecule has 0 bridgehead atoms. The van der Waals surface area contributed by atoms with Gasteiger partial charge in [-0.3, -0.25) is 0 Å². The second-order valence-electron chi connectivity index (χ2n) is 4.75. The van der Waals surface area contributed by atoms with Crippen LogP contribution in [0.4, 0.5) is 4.39 Å². The highest BCUT2D eigenvalue weighted by Crippen LogP contribution is 2.20. The second kappa shape index (κ2) is 6.18. The first-order valence-electron chi connectivity index (χ1n) is 5.76. The van der Waals surface area contributed by atoms with Crippen molar-refractivity contribution in [2.24, 2.45) is 5.92 Å². The van der Waals surface area contributed by atoms with Crippen molar-refractivity contribution in [2.45, 2.75) is 66.0 Å². The Hall–Kier alpha value is -0.640. The highest BCUT2D eigenvalue weighted by Gasteiger charge is 2.35. The van der Waals surface area contributed by atoms with Gasteiger partial charge in [0.15, 0.2) is 0 Å². The molecule has 2 unspecified atom stereocenters. The molecule has 0 aromatic rings. The molecular weight excluding hydrogens is 211 g/mol. The fourth-order valence-corrected chi connectivity index (χ4v) is 0.962. The van der Waals surface area contributed by atoms with E-state index >= 15 is 0 Å². The van der Waals surface area contributed by atoms with Gasteiger partial charge >= 0.3 is 5.97 Å². The molecule has 0 saturated carbocycles. The Morgan fingerprint density at radius 1 is 1.31 bits per heavy atom. The number of rotatable bonds is 6. The quantitative estimate of drug-likeness (QED) is 0.523. The molecule has 96 valence electrons. The highest BCUT2D eigenvalue weighted by atomic mass is 19.1. The standard InChI is InChI=1S/C12H23FO3/c1-7-12(6,13)11(14)16-10(8(2)3)15-9(4)5/h8-10H,7H2,1-6H3. The lowest BCUT2D eigenvalue weighted by atomic mass is 10.1. The largest absolute Gasteiger partial charge is 0.433 e. The molecule has 0 amide bonds. The average molecular weight is 234 g/mol. The number of ether oxygens (including phenoxy) is 2. The number of hydrogen-bond acceptors (Lipinski definition) is 3. The van der Waals surface area contributed by atoms with Crippen molar-refractivity contribution < 1.29 is 18.7 Å². The molecule has 2 atom stereocenters. The fourth-order valence-electron chi connectivity index (χ4n) is 0.962. The van der Waals surface area contributed by atoms with Crippen LogP contribution < -0.4 is 0 Å². The van der Waals surface area contributed by atoms with E-state index in [1.165, 1.54) is 6.92 Å². The SMILES string of the molecule is CCC(C)(F)C(=O)OC(OC(C)C)C(C)C. The van der Waals surface area contributed by atoms with Crippen molar-refractivity contribution >= 4 is 5.97 Å². The third-order valence-corrected chi connectivity index (χ3v) is 2.26. The van der Waals surface area contributed by atoms with Gasteiger partial charge in [0.05, 0.1) is 6.10 Å². The molecule has 0 rings (SSSR count). The van der Waals surface area contributed by atoms with Crippen molar-refractivity contribution in [1.82, 2.24) is 0 Å². The lowest BCUT2D eigenvalue weighted by molar-refractivity contribution is -0.208. The van der Waals surface area contributed by atoms with Crippen LogP contribution in [0.15, 0.2) is 0 Å². The molecule has 0 heterocycles. The Balaban J connectivity index is 4.46. The van der Waals surface area contributed by atoms with Gasteiger partial charge in [0.1, 0.15) is 0 Å².